The number of nitrogens with zero attached hydrogens (tertiary/aromatic N) is 1. The first-order valence-electron chi connectivity index (χ1n) is 6.39. The number of halogens is 1. The molecule has 21 heavy (non-hydrogen) atoms. The first-order valence-corrected chi connectivity index (χ1v) is 7.59. The summed E-state index contributed by atoms with van der Waals surface area (Å²) in [5.41, 5.74) is 6.02. The fourth-order valence-corrected chi connectivity index (χ4v) is 2.20. The number of carbonyl (C=O) groups excluding carboxylic acids is 1. The summed E-state index contributed by atoms with van der Waals surface area (Å²) in [7, 11) is 3.13. The zero-order valence-corrected chi connectivity index (χ0v) is 14.5. The highest BCUT2D eigenvalue weighted by molar-refractivity contribution is 9.10. The third kappa shape index (κ3) is 5.61. The lowest BCUT2D eigenvalue weighted by atomic mass is 10.1. The van der Waals surface area contributed by atoms with Gasteiger partial charge >= 0.3 is 0 Å². The molecule has 116 valence electrons. The predicted octanol–water partition coefficient (Wildman–Crippen LogP) is 2.22. The third-order valence-corrected chi connectivity index (χ3v) is 3.57. The molecule has 0 atom stereocenters. The molecule has 0 fully saturated rings. The average molecular weight is 375 g/mol. The van der Waals surface area contributed by atoms with Crippen LogP contribution in [0.2, 0.25) is 0 Å². The molecule has 2 N–H and O–H groups in total. The molecule has 1 aromatic carbocycles. The summed E-state index contributed by atoms with van der Waals surface area (Å²) < 4.78 is 11.2. The van der Waals surface area contributed by atoms with Crippen molar-refractivity contribution in [3.8, 4) is 5.75 Å². The quantitative estimate of drug-likeness (QED) is 0.706. The van der Waals surface area contributed by atoms with E-state index in [4.69, 9.17) is 27.4 Å². The number of methoxy groups -OCH3 is 2. The van der Waals surface area contributed by atoms with Crippen molar-refractivity contribution < 1.29 is 14.3 Å². The van der Waals surface area contributed by atoms with Crippen molar-refractivity contribution in [1.82, 2.24) is 4.90 Å². The van der Waals surface area contributed by atoms with Crippen molar-refractivity contribution in [2.45, 2.75) is 6.42 Å². The van der Waals surface area contributed by atoms with Crippen LogP contribution >= 0.6 is 28.1 Å². The van der Waals surface area contributed by atoms with Crippen LogP contribution in [-0.4, -0.2) is 49.7 Å². The second kappa shape index (κ2) is 8.96. The number of rotatable bonds is 8. The van der Waals surface area contributed by atoms with E-state index in [2.05, 4.69) is 15.9 Å². The van der Waals surface area contributed by atoms with Crippen molar-refractivity contribution in [2.24, 2.45) is 5.73 Å². The van der Waals surface area contributed by atoms with Gasteiger partial charge in [-0.25, -0.2) is 0 Å². The second-order valence-electron chi connectivity index (χ2n) is 4.35. The van der Waals surface area contributed by atoms with Gasteiger partial charge in [0.05, 0.1) is 24.3 Å². The average Bonchev–Trinajstić information content (AvgIpc) is 2.46. The van der Waals surface area contributed by atoms with Gasteiger partial charge < -0.3 is 20.1 Å². The Bertz CT molecular complexity index is 511. The molecule has 0 saturated heterocycles. The maximum absolute atomic E-state index is 12.6. The van der Waals surface area contributed by atoms with Crippen molar-refractivity contribution in [1.29, 1.82) is 0 Å². The molecule has 1 aromatic rings. The number of amides is 1. The Hall–Kier alpha value is -1.18. The Labute approximate surface area is 138 Å². The zero-order chi connectivity index (χ0) is 15.8. The summed E-state index contributed by atoms with van der Waals surface area (Å²) in [4.78, 5) is 14.7. The molecule has 0 aliphatic heterocycles. The second-order valence-corrected chi connectivity index (χ2v) is 5.79. The molecule has 1 amide bonds. The molecule has 1 rings (SSSR count). The van der Waals surface area contributed by atoms with E-state index in [0.717, 1.165) is 4.47 Å². The molecule has 7 heteroatoms. The molecule has 0 aromatic heterocycles. The van der Waals surface area contributed by atoms with Gasteiger partial charge in [-0.3, -0.25) is 4.79 Å². The van der Waals surface area contributed by atoms with E-state index in [1.165, 1.54) is 7.11 Å². The predicted molar refractivity (Wildman–Crippen MR) is 89.9 cm³/mol. The molecule has 0 aliphatic carbocycles. The Morgan fingerprint density at radius 3 is 2.67 bits per heavy atom. The maximum Gasteiger partial charge on any atom is 0.257 e. The molecule has 0 radical (unpaired) electrons. The summed E-state index contributed by atoms with van der Waals surface area (Å²) >= 11 is 8.23. The van der Waals surface area contributed by atoms with Crippen LogP contribution in [-0.2, 0) is 4.74 Å². The fraction of sp³-hybridized carbons (Fsp3) is 0.429. The minimum Gasteiger partial charge on any atom is -0.496 e. The van der Waals surface area contributed by atoms with Gasteiger partial charge in [0, 0.05) is 31.1 Å². The number of hydrogen-bond donors (Lipinski definition) is 1. The Morgan fingerprint density at radius 2 is 2.10 bits per heavy atom. The van der Waals surface area contributed by atoms with Gasteiger partial charge in [0.25, 0.3) is 5.91 Å². The lowest BCUT2D eigenvalue weighted by Crippen LogP contribution is -2.36. The standard InChI is InChI=1S/C14H19BrN2O3S/c1-19-8-7-17(6-5-13(16)21)14(18)11-4-3-10(15)9-12(11)20-2/h3-4,9H,5-8H2,1-2H3,(H2,16,21). The van der Waals surface area contributed by atoms with E-state index >= 15 is 0 Å². The van der Waals surface area contributed by atoms with Crippen LogP contribution in [0.15, 0.2) is 22.7 Å². The van der Waals surface area contributed by atoms with Crippen LogP contribution in [0.3, 0.4) is 0 Å². The monoisotopic (exact) mass is 374 g/mol. The molecule has 0 bridgehead atoms. The van der Waals surface area contributed by atoms with Crippen molar-refractivity contribution in [2.75, 3.05) is 33.9 Å². The maximum atomic E-state index is 12.6. The highest BCUT2D eigenvalue weighted by atomic mass is 79.9. The number of nitrogens with two attached hydrogens (primary N) is 1. The van der Waals surface area contributed by atoms with Gasteiger partial charge in [0.15, 0.2) is 0 Å². The SMILES string of the molecule is COCCN(CCC(N)=S)C(=O)c1ccc(Br)cc1OC. The minimum atomic E-state index is -0.132. The minimum absolute atomic E-state index is 0.132. The number of thiocarbonyl (C=S) groups is 1. The summed E-state index contributed by atoms with van der Waals surface area (Å²) in [6, 6.07) is 5.29. The number of hydrogen-bond acceptors (Lipinski definition) is 4. The van der Waals surface area contributed by atoms with E-state index in [1.54, 1.807) is 30.2 Å². The molecule has 5 nitrogen and oxygen atoms in total. The van der Waals surface area contributed by atoms with Gasteiger partial charge in [0.1, 0.15) is 5.75 Å². The van der Waals surface area contributed by atoms with Gasteiger partial charge in [-0.15, -0.1) is 0 Å². The smallest absolute Gasteiger partial charge is 0.257 e. The van der Waals surface area contributed by atoms with E-state index in [-0.39, 0.29) is 5.91 Å². The van der Waals surface area contributed by atoms with Crippen LogP contribution in [0.4, 0.5) is 0 Å². The lowest BCUT2D eigenvalue weighted by Gasteiger charge is -2.23. The molecule has 0 spiro atoms. The summed E-state index contributed by atoms with van der Waals surface area (Å²) in [5.74, 6) is 0.389. The number of carbonyl (C=O) groups is 1. The Morgan fingerprint density at radius 1 is 1.38 bits per heavy atom. The number of ether oxygens (including phenoxy) is 2. The largest absolute Gasteiger partial charge is 0.496 e. The Kier molecular flexibility index (Phi) is 7.63. The molecular weight excluding hydrogens is 356 g/mol. The highest BCUT2D eigenvalue weighted by Crippen LogP contribution is 2.24. The van der Waals surface area contributed by atoms with E-state index in [0.29, 0.717) is 42.4 Å². The zero-order valence-electron chi connectivity index (χ0n) is 12.1. The van der Waals surface area contributed by atoms with Crippen molar-refractivity contribution >= 4 is 39.0 Å². The van der Waals surface area contributed by atoms with E-state index in [1.807, 2.05) is 0 Å². The normalized spacial score (nSPS) is 10.2. The van der Waals surface area contributed by atoms with Crippen molar-refractivity contribution in [3.05, 3.63) is 28.2 Å². The Balaban J connectivity index is 2.95. The van der Waals surface area contributed by atoms with Crippen LogP contribution in [0.1, 0.15) is 16.8 Å². The van der Waals surface area contributed by atoms with Crippen LogP contribution in [0, 0.1) is 0 Å². The molecule has 0 heterocycles. The molecule has 0 saturated carbocycles. The van der Waals surface area contributed by atoms with Gasteiger partial charge in [-0.2, -0.15) is 0 Å². The van der Waals surface area contributed by atoms with Crippen LogP contribution in [0.25, 0.3) is 0 Å². The first-order chi connectivity index (χ1) is 9.99. The van der Waals surface area contributed by atoms with Gasteiger partial charge in [0.2, 0.25) is 0 Å². The summed E-state index contributed by atoms with van der Waals surface area (Å²) in [6.45, 7) is 1.37. The summed E-state index contributed by atoms with van der Waals surface area (Å²) in [5, 5.41) is 0. The number of benzene rings is 1. The summed E-state index contributed by atoms with van der Waals surface area (Å²) in [6.07, 6.45) is 0.476. The topological polar surface area (TPSA) is 64.8 Å². The molecule has 0 unspecified atom stereocenters. The molecular formula is C14H19BrN2O3S. The first kappa shape index (κ1) is 17.9. The third-order valence-electron chi connectivity index (χ3n) is 2.87. The molecule has 0 aliphatic rings. The van der Waals surface area contributed by atoms with Crippen LogP contribution < -0.4 is 10.5 Å². The van der Waals surface area contributed by atoms with Crippen LogP contribution in [0.5, 0.6) is 5.75 Å². The van der Waals surface area contributed by atoms with Gasteiger partial charge in [-0.05, 0) is 18.2 Å². The lowest BCUT2D eigenvalue weighted by molar-refractivity contribution is 0.0698. The van der Waals surface area contributed by atoms with E-state index < -0.39 is 0 Å². The highest BCUT2D eigenvalue weighted by Gasteiger charge is 2.19. The van der Waals surface area contributed by atoms with E-state index in [9.17, 15) is 4.79 Å². The van der Waals surface area contributed by atoms with Gasteiger partial charge in [-0.1, -0.05) is 28.1 Å². The van der Waals surface area contributed by atoms with Crippen molar-refractivity contribution in [3.63, 3.8) is 0 Å². The fourth-order valence-electron chi connectivity index (χ4n) is 1.77.